The highest BCUT2D eigenvalue weighted by molar-refractivity contribution is 5.92. The second-order valence-corrected chi connectivity index (χ2v) is 5.46. The largest absolute Gasteiger partial charge is 0.481 e. The maximum atomic E-state index is 13.4. The maximum absolute atomic E-state index is 13.4. The van der Waals surface area contributed by atoms with Gasteiger partial charge in [0.25, 0.3) is 0 Å². The summed E-state index contributed by atoms with van der Waals surface area (Å²) >= 11 is 0. The summed E-state index contributed by atoms with van der Waals surface area (Å²) in [6.45, 7) is -1.68. The molecule has 0 aromatic heterocycles. The number of alkyl halides is 3. The van der Waals surface area contributed by atoms with Crippen molar-refractivity contribution in [1.29, 1.82) is 0 Å². The second kappa shape index (κ2) is 6.71. The van der Waals surface area contributed by atoms with Crippen molar-refractivity contribution in [2.75, 3.05) is 25.0 Å². The third kappa shape index (κ3) is 4.19. The van der Waals surface area contributed by atoms with Crippen LogP contribution >= 0.6 is 0 Å². The summed E-state index contributed by atoms with van der Waals surface area (Å²) < 4.78 is 64.9. The van der Waals surface area contributed by atoms with E-state index < -0.39 is 66.8 Å². The van der Waals surface area contributed by atoms with Crippen LogP contribution in [0.1, 0.15) is 0 Å². The Kier molecular flexibility index (Phi) is 5.07. The summed E-state index contributed by atoms with van der Waals surface area (Å²) in [5.74, 6) is -7.93. The minimum absolute atomic E-state index is 0.443. The first-order valence-electron chi connectivity index (χ1n) is 6.84. The van der Waals surface area contributed by atoms with Gasteiger partial charge in [-0.3, -0.25) is 14.5 Å². The fourth-order valence-electron chi connectivity index (χ4n) is 2.58. The standard InChI is InChI=1S/C14H13F5N2O3/c15-7-1-2-10(16)11(3-7)20-12(22)6-21-4-8(13(23)24)9(5-21)14(17,18)19/h1-3,8-9H,4-6H2,(H,20,22)(H,23,24)/t8-,9-/m1/s1. The number of carboxylic acids is 1. The Morgan fingerprint density at radius 1 is 1.25 bits per heavy atom. The predicted octanol–water partition coefficient (Wildman–Crippen LogP) is 2.10. The Balaban J connectivity index is 2.02. The zero-order valence-corrected chi connectivity index (χ0v) is 12.1. The van der Waals surface area contributed by atoms with E-state index in [4.69, 9.17) is 5.11 Å². The molecule has 0 unspecified atom stereocenters. The Morgan fingerprint density at radius 3 is 2.46 bits per heavy atom. The molecule has 1 heterocycles. The number of aliphatic carboxylic acids is 1. The van der Waals surface area contributed by atoms with Crippen molar-refractivity contribution >= 4 is 17.6 Å². The van der Waals surface area contributed by atoms with Crippen LogP contribution in [0.5, 0.6) is 0 Å². The van der Waals surface area contributed by atoms with Crippen LogP contribution in [0.15, 0.2) is 18.2 Å². The lowest BCUT2D eigenvalue weighted by atomic mass is 9.96. The molecule has 1 fully saturated rings. The molecule has 2 N–H and O–H groups in total. The van der Waals surface area contributed by atoms with E-state index in [1.807, 2.05) is 0 Å². The Morgan fingerprint density at radius 2 is 1.92 bits per heavy atom. The Bertz CT molecular complexity index is 650. The first kappa shape index (κ1) is 18.1. The van der Waals surface area contributed by atoms with Gasteiger partial charge in [-0.05, 0) is 12.1 Å². The highest BCUT2D eigenvalue weighted by atomic mass is 19.4. The van der Waals surface area contributed by atoms with Gasteiger partial charge >= 0.3 is 12.1 Å². The number of carboxylic acid groups (broad SMARTS) is 1. The molecule has 1 aromatic rings. The average Bonchev–Trinajstić information content (AvgIpc) is 2.87. The van der Waals surface area contributed by atoms with Gasteiger partial charge < -0.3 is 10.4 Å². The molecule has 0 aliphatic carbocycles. The highest BCUT2D eigenvalue weighted by Crippen LogP contribution is 2.37. The zero-order chi connectivity index (χ0) is 18.1. The molecule has 24 heavy (non-hydrogen) atoms. The molecule has 10 heteroatoms. The number of nitrogens with one attached hydrogen (secondary N) is 1. The molecule has 0 radical (unpaired) electrons. The number of halogens is 5. The molecule has 1 aromatic carbocycles. The van der Waals surface area contributed by atoms with Gasteiger partial charge in [0.15, 0.2) is 0 Å². The van der Waals surface area contributed by atoms with Gasteiger partial charge in [-0.1, -0.05) is 0 Å². The first-order valence-corrected chi connectivity index (χ1v) is 6.84. The third-order valence-electron chi connectivity index (χ3n) is 3.70. The third-order valence-corrected chi connectivity index (χ3v) is 3.70. The summed E-state index contributed by atoms with van der Waals surface area (Å²) in [6, 6.07) is 2.37. The van der Waals surface area contributed by atoms with Crippen LogP contribution in [0.3, 0.4) is 0 Å². The van der Waals surface area contributed by atoms with Crippen LogP contribution < -0.4 is 5.32 Å². The number of carbonyl (C=O) groups is 2. The van der Waals surface area contributed by atoms with Crippen LogP contribution in [0.25, 0.3) is 0 Å². The van der Waals surface area contributed by atoms with Crippen molar-refractivity contribution in [2.45, 2.75) is 6.18 Å². The summed E-state index contributed by atoms with van der Waals surface area (Å²) in [5, 5.41) is 10.9. The second-order valence-electron chi connectivity index (χ2n) is 5.46. The predicted molar refractivity (Wildman–Crippen MR) is 72.1 cm³/mol. The lowest BCUT2D eigenvalue weighted by Crippen LogP contribution is -2.34. The van der Waals surface area contributed by atoms with Gasteiger partial charge in [0.2, 0.25) is 5.91 Å². The lowest BCUT2D eigenvalue weighted by molar-refractivity contribution is -0.188. The smallest absolute Gasteiger partial charge is 0.393 e. The highest BCUT2D eigenvalue weighted by Gasteiger charge is 2.52. The van der Waals surface area contributed by atoms with E-state index in [9.17, 15) is 31.5 Å². The quantitative estimate of drug-likeness (QED) is 0.815. The van der Waals surface area contributed by atoms with E-state index in [0.717, 1.165) is 23.1 Å². The number of benzene rings is 1. The van der Waals surface area contributed by atoms with Gasteiger partial charge in [-0.25, -0.2) is 8.78 Å². The molecule has 1 aliphatic rings. The number of likely N-dealkylation sites (tertiary alicyclic amines) is 1. The number of hydrogen-bond acceptors (Lipinski definition) is 3. The van der Waals surface area contributed by atoms with Crippen LogP contribution in [0.4, 0.5) is 27.6 Å². The fraction of sp³-hybridized carbons (Fsp3) is 0.429. The van der Waals surface area contributed by atoms with Gasteiger partial charge in [0, 0.05) is 19.2 Å². The van der Waals surface area contributed by atoms with Crippen molar-refractivity contribution in [2.24, 2.45) is 11.8 Å². The number of nitrogens with zero attached hydrogens (tertiary/aromatic N) is 1. The molecule has 0 bridgehead atoms. The number of anilines is 1. The molecule has 0 saturated carbocycles. The van der Waals surface area contributed by atoms with Crippen molar-refractivity contribution < 1.29 is 36.6 Å². The number of rotatable bonds is 4. The molecule has 5 nitrogen and oxygen atoms in total. The zero-order valence-electron chi connectivity index (χ0n) is 12.1. The monoisotopic (exact) mass is 352 g/mol. The van der Waals surface area contributed by atoms with Crippen LogP contribution in [-0.2, 0) is 9.59 Å². The van der Waals surface area contributed by atoms with E-state index in [0.29, 0.717) is 0 Å². The van der Waals surface area contributed by atoms with E-state index in [2.05, 4.69) is 5.32 Å². The minimum atomic E-state index is -4.71. The molecule has 1 aliphatic heterocycles. The Hall–Kier alpha value is -2.23. The van der Waals surface area contributed by atoms with Crippen LogP contribution in [-0.4, -0.2) is 47.7 Å². The first-order chi connectivity index (χ1) is 11.1. The molecule has 1 amide bonds. The minimum Gasteiger partial charge on any atom is -0.481 e. The van der Waals surface area contributed by atoms with Crippen LogP contribution in [0.2, 0.25) is 0 Å². The van der Waals surface area contributed by atoms with Gasteiger partial charge in [0.1, 0.15) is 11.6 Å². The summed E-state index contributed by atoms with van der Waals surface area (Å²) in [6.07, 6.45) is -4.71. The molecule has 2 atom stereocenters. The maximum Gasteiger partial charge on any atom is 0.393 e. The van der Waals surface area contributed by atoms with Crippen molar-refractivity contribution in [3.63, 3.8) is 0 Å². The molecule has 2 rings (SSSR count). The summed E-state index contributed by atoms with van der Waals surface area (Å²) in [4.78, 5) is 23.8. The van der Waals surface area contributed by atoms with E-state index >= 15 is 0 Å². The lowest BCUT2D eigenvalue weighted by Gasteiger charge is -2.18. The van der Waals surface area contributed by atoms with Gasteiger partial charge in [-0.2, -0.15) is 13.2 Å². The Labute approximate surface area is 133 Å². The summed E-state index contributed by atoms with van der Waals surface area (Å²) in [5.41, 5.74) is -0.443. The van der Waals surface area contributed by atoms with E-state index in [1.165, 1.54) is 0 Å². The van der Waals surface area contributed by atoms with Crippen molar-refractivity contribution in [3.05, 3.63) is 29.8 Å². The van der Waals surface area contributed by atoms with Gasteiger partial charge in [-0.15, -0.1) is 0 Å². The number of carbonyl (C=O) groups excluding carboxylic acids is 1. The fourth-order valence-corrected chi connectivity index (χ4v) is 2.58. The van der Waals surface area contributed by atoms with E-state index in [1.54, 1.807) is 0 Å². The molecule has 132 valence electrons. The van der Waals surface area contributed by atoms with Crippen LogP contribution in [0, 0.1) is 23.5 Å². The van der Waals surface area contributed by atoms with Crippen molar-refractivity contribution in [3.8, 4) is 0 Å². The van der Waals surface area contributed by atoms with Gasteiger partial charge in [0.05, 0.1) is 24.1 Å². The number of amides is 1. The molecular weight excluding hydrogens is 339 g/mol. The summed E-state index contributed by atoms with van der Waals surface area (Å²) in [7, 11) is 0. The SMILES string of the molecule is O=C(CN1C[C@@H](C(F)(F)F)[C@H](C(=O)O)C1)Nc1cc(F)ccc1F. The average molecular weight is 352 g/mol. The topological polar surface area (TPSA) is 69.6 Å². The van der Waals surface area contributed by atoms with E-state index in [-0.39, 0.29) is 0 Å². The van der Waals surface area contributed by atoms with Crippen molar-refractivity contribution in [1.82, 2.24) is 4.90 Å². The normalized spacial score (nSPS) is 21.7. The molecular formula is C14H13F5N2O3. The molecule has 1 saturated heterocycles. The number of hydrogen-bond donors (Lipinski definition) is 2. The molecule has 0 spiro atoms.